The molecule has 5 heteroatoms. The molecule has 21 heavy (non-hydrogen) atoms. The van der Waals surface area contributed by atoms with Crippen molar-refractivity contribution >= 4 is 32.9 Å². The van der Waals surface area contributed by atoms with Crippen LogP contribution in [0.1, 0.15) is 39.0 Å². The van der Waals surface area contributed by atoms with Crippen molar-refractivity contribution in [2.75, 3.05) is 6.54 Å². The van der Waals surface area contributed by atoms with Gasteiger partial charge in [0.05, 0.1) is 12.6 Å². The molecule has 2 aromatic rings. The molecule has 0 fully saturated rings. The number of carboxylic acid groups (broad SMARTS) is 1. The average Bonchev–Trinajstić information content (AvgIpc) is 2.85. The molecule has 1 aromatic heterocycles. The molecule has 114 valence electrons. The minimum Gasteiger partial charge on any atom is -0.480 e. The van der Waals surface area contributed by atoms with Crippen LogP contribution in [-0.2, 0) is 4.79 Å². The summed E-state index contributed by atoms with van der Waals surface area (Å²) in [6, 6.07) is 7.94. The van der Waals surface area contributed by atoms with E-state index >= 15 is 0 Å². The van der Waals surface area contributed by atoms with Crippen molar-refractivity contribution < 1.29 is 14.3 Å². The van der Waals surface area contributed by atoms with Gasteiger partial charge in [0.1, 0.15) is 11.3 Å². The maximum atomic E-state index is 11.1. The number of halogens is 1. The van der Waals surface area contributed by atoms with Crippen LogP contribution in [0.25, 0.3) is 11.0 Å². The summed E-state index contributed by atoms with van der Waals surface area (Å²) in [5.41, 5.74) is 0.819. The van der Waals surface area contributed by atoms with Crippen molar-refractivity contribution in [2.45, 2.75) is 39.3 Å². The molecule has 0 radical (unpaired) electrons. The van der Waals surface area contributed by atoms with E-state index in [0.717, 1.165) is 27.6 Å². The monoisotopic (exact) mass is 353 g/mol. The van der Waals surface area contributed by atoms with E-state index in [1.54, 1.807) is 0 Å². The molecule has 1 aromatic carbocycles. The Kier molecular flexibility index (Phi) is 5.06. The Bertz CT molecular complexity index is 637. The number of aliphatic carboxylic acids is 1. The number of hydrogen-bond acceptors (Lipinski definition) is 3. The SMILES string of the molecule is CCC(C)N(CC(=O)O)C(C)c1cc2cc(Br)ccc2o1. The van der Waals surface area contributed by atoms with Crippen LogP contribution in [-0.4, -0.2) is 28.6 Å². The van der Waals surface area contributed by atoms with E-state index in [0.29, 0.717) is 0 Å². The van der Waals surface area contributed by atoms with Crippen molar-refractivity contribution in [1.82, 2.24) is 4.90 Å². The largest absolute Gasteiger partial charge is 0.480 e. The van der Waals surface area contributed by atoms with E-state index in [-0.39, 0.29) is 18.6 Å². The van der Waals surface area contributed by atoms with Crippen molar-refractivity contribution in [1.29, 1.82) is 0 Å². The number of carboxylic acids is 1. The number of furan rings is 1. The van der Waals surface area contributed by atoms with Gasteiger partial charge in [-0.3, -0.25) is 9.69 Å². The molecule has 2 atom stereocenters. The maximum absolute atomic E-state index is 11.1. The number of nitrogens with zero attached hydrogens (tertiary/aromatic N) is 1. The fourth-order valence-corrected chi connectivity index (χ4v) is 2.85. The standard InChI is InChI=1S/C16H20BrNO3/c1-4-10(2)18(9-16(19)20)11(3)15-8-12-7-13(17)5-6-14(12)21-15/h5-8,10-11H,4,9H2,1-3H3,(H,19,20). The first kappa shape index (κ1) is 16.0. The Morgan fingerprint density at radius 2 is 2.10 bits per heavy atom. The van der Waals surface area contributed by atoms with Crippen molar-refractivity contribution in [3.05, 3.63) is 34.5 Å². The van der Waals surface area contributed by atoms with Crippen molar-refractivity contribution in [2.24, 2.45) is 0 Å². The van der Waals surface area contributed by atoms with Crippen LogP contribution in [0.15, 0.2) is 33.2 Å². The van der Waals surface area contributed by atoms with Gasteiger partial charge in [-0.05, 0) is 44.5 Å². The van der Waals surface area contributed by atoms with E-state index in [1.165, 1.54) is 0 Å². The van der Waals surface area contributed by atoms with Crippen molar-refractivity contribution in [3.8, 4) is 0 Å². The van der Waals surface area contributed by atoms with Gasteiger partial charge in [-0.2, -0.15) is 0 Å². The molecule has 0 bridgehead atoms. The Hall–Kier alpha value is -1.33. The summed E-state index contributed by atoms with van der Waals surface area (Å²) in [6.07, 6.45) is 0.892. The second-order valence-corrected chi connectivity index (χ2v) is 6.25. The number of fused-ring (bicyclic) bond motifs is 1. The summed E-state index contributed by atoms with van der Waals surface area (Å²) in [5, 5.41) is 10.1. The predicted octanol–water partition coefficient (Wildman–Crippen LogP) is 4.44. The summed E-state index contributed by atoms with van der Waals surface area (Å²) in [7, 11) is 0. The van der Waals surface area contributed by atoms with E-state index < -0.39 is 5.97 Å². The number of rotatable bonds is 6. The van der Waals surface area contributed by atoms with E-state index in [4.69, 9.17) is 9.52 Å². The summed E-state index contributed by atoms with van der Waals surface area (Å²) in [4.78, 5) is 13.1. The Balaban J connectivity index is 2.32. The van der Waals surface area contributed by atoms with Gasteiger partial charge in [0.2, 0.25) is 0 Å². The van der Waals surface area contributed by atoms with Crippen LogP contribution >= 0.6 is 15.9 Å². The van der Waals surface area contributed by atoms with Crippen molar-refractivity contribution in [3.63, 3.8) is 0 Å². The number of carbonyl (C=O) groups is 1. The lowest BCUT2D eigenvalue weighted by Crippen LogP contribution is -2.38. The molecule has 0 aliphatic rings. The molecule has 0 amide bonds. The predicted molar refractivity (Wildman–Crippen MR) is 86.4 cm³/mol. The second-order valence-electron chi connectivity index (χ2n) is 5.33. The molecular formula is C16H20BrNO3. The quantitative estimate of drug-likeness (QED) is 0.833. The number of benzene rings is 1. The Morgan fingerprint density at radius 1 is 1.38 bits per heavy atom. The first-order valence-electron chi connectivity index (χ1n) is 7.09. The van der Waals surface area contributed by atoms with Gasteiger partial charge in [0.15, 0.2) is 0 Å². The highest BCUT2D eigenvalue weighted by Gasteiger charge is 2.25. The lowest BCUT2D eigenvalue weighted by Gasteiger charge is -2.31. The van der Waals surface area contributed by atoms with E-state index in [2.05, 4.69) is 22.9 Å². The zero-order valence-corrected chi connectivity index (χ0v) is 14.1. The minimum absolute atomic E-state index is 0.0108. The third kappa shape index (κ3) is 3.66. The van der Waals surface area contributed by atoms with E-state index in [9.17, 15) is 4.79 Å². The van der Waals surface area contributed by atoms with Gasteiger partial charge in [0, 0.05) is 15.9 Å². The molecule has 2 unspecified atom stereocenters. The van der Waals surface area contributed by atoms with Gasteiger partial charge < -0.3 is 9.52 Å². The fraction of sp³-hybridized carbons (Fsp3) is 0.438. The molecule has 0 aliphatic heterocycles. The lowest BCUT2D eigenvalue weighted by atomic mass is 10.1. The zero-order valence-electron chi connectivity index (χ0n) is 12.5. The Morgan fingerprint density at radius 3 is 2.71 bits per heavy atom. The topological polar surface area (TPSA) is 53.7 Å². The molecule has 1 heterocycles. The van der Waals surface area contributed by atoms with E-state index in [1.807, 2.05) is 43.0 Å². The molecule has 1 N–H and O–H groups in total. The van der Waals surface area contributed by atoms with Crippen LogP contribution in [0.3, 0.4) is 0 Å². The van der Waals surface area contributed by atoms with Gasteiger partial charge >= 0.3 is 5.97 Å². The summed E-state index contributed by atoms with van der Waals surface area (Å²) < 4.78 is 6.89. The third-order valence-electron chi connectivity index (χ3n) is 3.88. The average molecular weight is 354 g/mol. The molecule has 4 nitrogen and oxygen atoms in total. The highest BCUT2D eigenvalue weighted by molar-refractivity contribution is 9.10. The highest BCUT2D eigenvalue weighted by atomic mass is 79.9. The summed E-state index contributed by atoms with van der Waals surface area (Å²) >= 11 is 3.44. The Labute approximate surface area is 132 Å². The molecule has 0 spiro atoms. The number of hydrogen-bond donors (Lipinski definition) is 1. The second kappa shape index (κ2) is 6.62. The van der Waals surface area contributed by atoms with Crippen LogP contribution < -0.4 is 0 Å². The highest BCUT2D eigenvalue weighted by Crippen LogP contribution is 2.30. The minimum atomic E-state index is -0.819. The van der Waals surface area contributed by atoms with Gasteiger partial charge in [-0.25, -0.2) is 0 Å². The molecular weight excluding hydrogens is 334 g/mol. The first-order valence-corrected chi connectivity index (χ1v) is 7.88. The summed E-state index contributed by atoms with van der Waals surface area (Å²) in [6.45, 7) is 6.10. The van der Waals surface area contributed by atoms with Crippen LogP contribution in [0.5, 0.6) is 0 Å². The smallest absolute Gasteiger partial charge is 0.317 e. The normalized spacial score (nSPS) is 14.5. The van der Waals surface area contributed by atoms with Crippen LogP contribution in [0.4, 0.5) is 0 Å². The maximum Gasteiger partial charge on any atom is 0.317 e. The fourth-order valence-electron chi connectivity index (χ4n) is 2.47. The lowest BCUT2D eigenvalue weighted by molar-refractivity contribution is -0.139. The van der Waals surface area contributed by atoms with Gasteiger partial charge in [-0.1, -0.05) is 22.9 Å². The first-order chi connectivity index (χ1) is 9.92. The van der Waals surface area contributed by atoms with Gasteiger partial charge in [-0.15, -0.1) is 0 Å². The molecule has 2 rings (SSSR count). The third-order valence-corrected chi connectivity index (χ3v) is 4.37. The summed E-state index contributed by atoms with van der Waals surface area (Å²) in [5.74, 6) is -0.0225. The van der Waals surface area contributed by atoms with Crippen LogP contribution in [0, 0.1) is 0 Å². The molecule has 0 saturated carbocycles. The zero-order chi connectivity index (χ0) is 15.6. The molecule has 0 saturated heterocycles. The molecule has 0 aliphatic carbocycles. The van der Waals surface area contributed by atoms with Crippen LogP contribution in [0.2, 0.25) is 0 Å². The van der Waals surface area contributed by atoms with Gasteiger partial charge in [0.25, 0.3) is 0 Å².